The summed E-state index contributed by atoms with van der Waals surface area (Å²) < 4.78 is 72.6. The molecule has 41 heavy (non-hydrogen) atoms. The summed E-state index contributed by atoms with van der Waals surface area (Å²) in [6.07, 6.45) is 5.48. The van der Waals surface area contributed by atoms with Gasteiger partial charge in [0.1, 0.15) is 6.10 Å². The number of terminal acetylenes is 1. The predicted molar refractivity (Wildman–Crippen MR) is 154 cm³/mol. The number of alkyl halides is 3. The van der Waals surface area contributed by atoms with Gasteiger partial charge in [0.05, 0.1) is 13.2 Å². The highest BCUT2D eigenvalue weighted by atomic mass is 32.2. The fourth-order valence-corrected chi connectivity index (χ4v) is 5.62. The number of carbonyl (C=O) groups excluding carboxylic acids is 1. The molecule has 2 amide bonds. The molecule has 1 aliphatic carbocycles. The molecule has 218 valence electrons. The number of hydrogen-bond donors (Lipinski definition) is 3. The number of allylic oxidation sites excluding steroid dienone is 1. The van der Waals surface area contributed by atoms with Gasteiger partial charge in [0.25, 0.3) is 5.17 Å². The van der Waals surface area contributed by atoms with E-state index in [1.54, 1.807) is 54.3 Å². The van der Waals surface area contributed by atoms with E-state index in [0.29, 0.717) is 53.3 Å². The minimum atomic E-state index is -5.80. The molecule has 3 N–H and O–H groups in total. The molecule has 0 spiro atoms. The van der Waals surface area contributed by atoms with E-state index in [1.807, 2.05) is 0 Å². The number of carbonyl (C=O) groups is 1. The first-order valence-corrected chi connectivity index (χ1v) is 14.4. The van der Waals surface area contributed by atoms with Gasteiger partial charge in [-0.3, -0.25) is 4.18 Å². The molecule has 1 atom stereocenters. The number of thiocarbonyl (C=S) groups is 1. The summed E-state index contributed by atoms with van der Waals surface area (Å²) >= 11 is 5.07. The molecule has 2 aromatic carbocycles. The molecule has 0 saturated carbocycles. The number of amides is 2. The van der Waals surface area contributed by atoms with Crippen LogP contribution in [0.4, 0.5) is 40.7 Å². The van der Waals surface area contributed by atoms with E-state index in [2.05, 4.69) is 26.1 Å². The molecule has 0 fully saturated rings. The highest BCUT2D eigenvalue weighted by Crippen LogP contribution is 2.43. The Balaban J connectivity index is 1.53. The molecule has 0 saturated heterocycles. The lowest BCUT2D eigenvalue weighted by Crippen LogP contribution is -2.38. The molecular weight excluding hydrogens is 581 g/mol. The largest absolute Gasteiger partial charge is 0.523 e. The van der Waals surface area contributed by atoms with E-state index in [-0.39, 0.29) is 24.6 Å². The van der Waals surface area contributed by atoms with E-state index in [0.717, 1.165) is 5.69 Å². The van der Waals surface area contributed by atoms with Crippen LogP contribution in [-0.4, -0.2) is 44.4 Å². The second-order valence-corrected chi connectivity index (χ2v) is 11.1. The summed E-state index contributed by atoms with van der Waals surface area (Å²) in [6, 6.07) is 11.4. The van der Waals surface area contributed by atoms with Gasteiger partial charge in [-0.25, -0.2) is 4.79 Å². The van der Waals surface area contributed by atoms with Gasteiger partial charge in [-0.15, -0.1) is 6.42 Å². The third-order valence-electron chi connectivity index (χ3n) is 6.39. The lowest BCUT2D eigenvalue weighted by molar-refractivity contribution is -0.0567. The van der Waals surface area contributed by atoms with Crippen LogP contribution >= 0.6 is 12.2 Å². The minimum absolute atomic E-state index is 0.108. The number of fused-ring (bicyclic) bond motifs is 1. The molecule has 4 rings (SSSR count). The Morgan fingerprint density at radius 1 is 1.15 bits per heavy atom. The van der Waals surface area contributed by atoms with E-state index < -0.39 is 27.8 Å². The van der Waals surface area contributed by atoms with Crippen LogP contribution in [0.1, 0.15) is 31.7 Å². The number of nitrogens with zero attached hydrogens (tertiary/aromatic N) is 1. The number of nitrogens with one attached hydrogen (secondary N) is 3. The van der Waals surface area contributed by atoms with Gasteiger partial charge < -0.3 is 25.6 Å². The lowest BCUT2D eigenvalue weighted by atomic mass is 9.84. The zero-order valence-corrected chi connectivity index (χ0v) is 23.5. The van der Waals surface area contributed by atoms with Crippen LogP contribution in [0.25, 0.3) is 0 Å². The summed E-state index contributed by atoms with van der Waals surface area (Å²) in [5, 5.41) is 8.57. The van der Waals surface area contributed by atoms with E-state index in [1.165, 1.54) is 0 Å². The molecule has 0 radical (unpaired) electrons. The first-order chi connectivity index (χ1) is 19.4. The second kappa shape index (κ2) is 12.4. The molecule has 0 bridgehead atoms. The Hall–Kier alpha value is -3.80. The van der Waals surface area contributed by atoms with Crippen LogP contribution in [0.2, 0.25) is 0 Å². The topological polar surface area (TPSA) is 109 Å². The summed E-state index contributed by atoms with van der Waals surface area (Å²) in [4.78, 5) is 14.5. The van der Waals surface area contributed by atoms with Crippen molar-refractivity contribution in [3.8, 4) is 12.3 Å². The van der Waals surface area contributed by atoms with Crippen molar-refractivity contribution in [2.75, 3.05) is 34.0 Å². The molecule has 2 aromatic rings. The van der Waals surface area contributed by atoms with Crippen molar-refractivity contribution >= 4 is 56.3 Å². The van der Waals surface area contributed by atoms with Gasteiger partial charge in [0.2, 0.25) is 0 Å². The summed E-state index contributed by atoms with van der Waals surface area (Å²) in [6.45, 7) is 2.33. The van der Waals surface area contributed by atoms with Crippen LogP contribution in [0.5, 0.6) is 0 Å². The van der Waals surface area contributed by atoms with Crippen molar-refractivity contribution < 1.29 is 35.3 Å². The van der Waals surface area contributed by atoms with Crippen LogP contribution in [-0.2, 0) is 25.5 Å². The third kappa shape index (κ3) is 7.10. The smallest absolute Gasteiger partial charge is 0.471 e. The van der Waals surface area contributed by atoms with E-state index in [9.17, 15) is 26.4 Å². The first kappa shape index (κ1) is 30.2. The maximum Gasteiger partial charge on any atom is 0.523 e. The van der Waals surface area contributed by atoms with Gasteiger partial charge >= 0.3 is 21.7 Å². The molecular formula is C27H27F3N4O5S2. The van der Waals surface area contributed by atoms with Crippen LogP contribution < -0.4 is 20.9 Å². The van der Waals surface area contributed by atoms with Crippen molar-refractivity contribution in [3.05, 3.63) is 59.3 Å². The number of hydrogen-bond acceptors (Lipinski definition) is 7. The number of halogens is 3. The molecule has 1 aliphatic heterocycles. The molecule has 1 heterocycles. The van der Waals surface area contributed by atoms with Crippen LogP contribution in [0.15, 0.2) is 53.7 Å². The van der Waals surface area contributed by atoms with Crippen molar-refractivity contribution in [3.63, 3.8) is 0 Å². The number of ether oxygens (including phenoxy) is 1. The number of rotatable bonds is 7. The number of benzene rings is 2. The second-order valence-electron chi connectivity index (χ2n) is 9.16. The monoisotopic (exact) mass is 608 g/mol. The summed E-state index contributed by atoms with van der Waals surface area (Å²) in [5.74, 6) is 2.55. The zero-order chi connectivity index (χ0) is 29.8. The van der Waals surface area contributed by atoms with Gasteiger partial charge in [-0.1, -0.05) is 12.0 Å². The SMILES string of the molecule is C#CCN1C2=C(Cc3cc(NC(=O)Nc4cccc(NC(=S)OCC)c4)ccc31)C(OS(=O)(=O)C(F)(F)F)CCC2. The Morgan fingerprint density at radius 3 is 2.49 bits per heavy atom. The Kier molecular flexibility index (Phi) is 9.11. The normalized spacial score (nSPS) is 16.7. The molecule has 1 unspecified atom stereocenters. The maximum absolute atomic E-state index is 13.1. The summed E-state index contributed by atoms with van der Waals surface area (Å²) in [7, 11) is -5.80. The fraction of sp³-hybridized carbons (Fsp3) is 0.333. The van der Waals surface area contributed by atoms with E-state index >= 15 is 0 Å². The number of anilines is 4. The van der Waals surface area contributed by atoms with Crippen molar-refractivity contribution in [1.29, 1.82) is 0 Å². The van der Waals surface area contributed by atoms with Crippen LogP contribution in [0, 0.1) is 12.3 Å². The van der Waals surface area contributed by atoms with Gasteiger partial charge in [-0.05, 0) is 85.9 Å². The Morgan fingerprint density at radius 2 is 1.83 bits per heavy atom. The average molecular weight is 609 g/mol. The molecule has 2 aliphatic rings. The van der Waals surface area contributed by atoms with Crippen molar-refractivity contribution in [1.82, 2.24) is 0 Å². The first-order valence-electron chi connectivity index (χ1n) is 12.6. The fourth-order valence-electron chi connectivity index (χ4n) is 4.76. The average Bonchev–Trinajstić information content (AvgIpc) is 2.88. The third-order valence-corrected chi connectivity index (χ3v) is 7.66. The van der Waals surface area contributed by atoms with Gasteiger partial charge in [-0.2, -0.15) is 21.6 Å². The quantitative estimate of drug-likeness (QED) is 0.158. The lowest BCUT2D eigenvalue weighted by Gasteiger charge is -2.39. The Labute approximate surface area is 241 Å². The van der Waals surface area contributed by atoms with Gasteiger partial charge in [0, 0.05) is 34.9 Å². The Bertz CT molecular complexity index is 1520. The molecule has 0 aromatic heterocycles. The highest BCUT2D eigenvalue weighted by Gasteiger charge is 2.49. The molecule has 9 nitrogen and oxygen atoms in total. The van der Waals surface area contributed by atoms with E-state index in [4.69, 9.17) is 23.4 Å². The standard InChI is InChI=1S/C27H27F3N4O5S2/c1-3-13-34-22-12-11-20(32-25(35)31-18-7-5-8-19(16-18)33-26(40)38-4-2)14-17(22)15-21-23(34)9-6-10-24(21)39-41(36,37)27(28,29)30/h1,5,7-8,11-12,14,16,24H,4,6,9-10,13,15H2,2H3,(H,33,40)(H2,31,32,35). The highest BCUT2D eigenvalue weighted by molar-refractivity contribution is 7.87. The van der Waals surface area contributed by atoms with Crippen molar-refractivity contribution in [2.45, 2.75) is 44.2 Å². The van der Waals surface area contributed by atoms with Crippen molar-refractivity contribution in [2.24, 2.45) is 0 Å². The minimum Gasteiger partial charge on any atom is -0.471 e. The molecule has 14 heteroatoms. The van der Waals surface area contributed by atoms with Gasteiger partial charge in [0.15, 0.2) is 0 Å². The number of urea groups is 1. The predicted octanol–water partition coefficient (Wildman–Crippen LogP) is 5.73. The maximum atomic E-state index is 13.1. The zero-order valence-electron chi connectivity index (χ0n) is 21.9. The summed E-state index contributed by atoms with van der Waals surface area (Å²) in [5.41, 5.74) is -1.59. The van der Waals surface area contributed by atoms with Crippen LogP contribution in [0.3, 0.4) is 0 Å².